The second kappa shape index (κ2) is 13.2. The van der Waals surface area contributed by atoms with E-state index >= 15 is 0 Å². The number of aryl methyl sites for hydroxylation is 1. The second-order valence-corrected chi connectivity index (χ2v) is 7.72. The quantitative estimate of drug-likeness (QED) is 0.366. The molecular formula is C24H27ClN2O6. The van der Waals surface area contributed by atoms with E-state index in [9.17, 15) is 19.2 Å². The highest BCUT2D eigenvalue weighted by Crippen LogP contribution is 2.20. The molecule has 0 radical (unpaired) electrons. The van der Waals surface area contributed by atoms with Crippen LogP contribution in [0.5, 0.6) is 0 Å². The molecule has 2 aromatic rings. The predicted octanol–water partition coefficient (Wildman–Crippen LogP) is 4.51. The van der Waals surface area contributed by atoms with Gasteiger partial charge in [0.1, 0.15) is 0 Å². The SMILES string of the molecule is CCCCOC(=O)c1ccc(NC(=O)CCC(=O)OCC(=O)Nc2cc(Cl)ccc2C)cc1. The van der Waals surface area contributed by atoms with Crippen molar-refractivity contribution in [3.05, 3.63) is 58.6 Å². The highest BCUT2D eigenvalue weighted by molar-refractivity contribution is 6.31. The number of halogens is 1. The first-order valence-corrected chi connectivity index (χ1v) is 10.9. The fraction of sp³-hybridized carbons (Fsp3) is 0.333. The van der Waals surface area contributed by atoms with Crippen molar-refractivity contribution in [2.75, 3.05) is 23.8 Å². The van der Waals surface area contributed by atoms with Crippen LogP contribution in [0.15, 0.2) is 42.5 Å². The third-order valence-corrected chi connectivity index (χ3v) is 4.76. The normalized spacial score (nSPS) is 10.3. The minimum Gasteiger partial charge on any atom is -0.462 e. The van der Waals surface area contributed by atoms with E-state index in [0.29, 0.717) is 28.6 Å². The van der Waals surface area contributed by atoms with Gasteiger partial charge in [-0.05, 0) is 55.3 Å². The lowest BCUT2D eigenvalue weighted by atomic mass is 10.2. The highest BCUT2D eigenvalue weighted by atomic mass is 35.5. The fourth-order valence-corrected chi connectivity index (χ4v) is 2.83. The van der Waals surface area contributed by atoms with Crippen LogP contribution >= 0.6 is 11.6 Å². The predicted molar refractivity (Wildman–Crippen MR) is 125 cm³/mol. The van der Waals surface area contributed by atoms with Crippen LogP contribution in [0.4, 0.5) is 11.4 Å². The Morgan fingerprint density at radius 2 is 1.64 bits per heavy atom. The first-order valence-electron chi connectivity index (χ1n) is 10.6. The number of hydrogen-bond acceptors (Lipinski definition) is 6. The van der Waals surface area contributed by atoms with Gasteiger partial charge in [0.25, 0.3) is 5.91 Å². The summed E-state index contributed by atoms with van der Waals surface area (Å²) in [4.78, 5) is 47.8. The molecule has 9 heteroatoms. The molecule has 0 bridgehead atoms. The maximum Gasteiger partial charge on any atom is 0.338 e. The average molecular weight is 475 g/mol. The molecule has 2 aromatic carbocycles. The lowest BCUT2D eigenvalue weighted by Crippen LogP contribution is -2.22. The van der Waals surface area contributed by atoms with Crippen molar-refractivity contribution in [2.45, 2.75) is 39.5 Å². The second-order valence-electron chi connectivity index (χ2n) is 7.28. The molecule has 0 aliphatic heterocycles. The van der Waals surface area contributed by atoms with Crippen LogP contribution < -0.4 is 10.6 Å². The van der Waals surface area contributed by atoms with Crippen LogP contribution in [0.25, 0.3) is 0 Å². The monoisotopic (exact) mass is 474 g/mol. The molecule has 33 heavy (non-hydrogen) atoms. The van der Waals surface area contributed by atoms with Gasteiger partial charge in [-0.25, -0.2) is 4.79 Å². The van der Waals surface area contributed by atoms with Crippen molar-refractivity contribution < 1.29 is 28.7 Å². The average Bonchev–Trinajstić information content (AvgIpc) is 2.79. The van der Waals surface area contributed by atoms with E-state index in [1.165, 1.54) is 0 Å². The molecule has 0 fully saturated rings. The molecule has 176 valence electrons. The summed E-state index contributed by atoms with van der Waals surface area (Å²) in [6, 6.07) is 11.3. The molecule has 2 amide bonds. The molecule has 0 aliphatic carbocycles. The van der Waals surface area contributed by atoms with E-state index in [2.05, 4.69) is 10.6 Å². The van der Waals surface area contributed by atoms with E-state index in [1.807, 2.05) is 13.8 Å². The molecule has 0 saturated heterocycles. The number of anilines is 2. The lowest BCUT2D eigenvalue weighted by Gasteiger charge is -2.09. The summed E-state index contributed by atoms with van der Waals surface area (Å²) in [6.07, 6.45) is 1.43. The van der Waals surface area contributed by atoms with Gasteiger partial charge in [-0.15, -0.1) is 0 Å². The Labute approximate surface area is 197 Å². The Balaban J connectivity index is 1.70. The number of rotatable bonds is 11. The summed E-state index contributed by atoms with van der Waals surface area (Å²) in [6.45, 7) is 3.71. The molecule has 0 heterocycles. The number of benzene rings is 2. The number of amides is 2. The van der Waals surface area contributed by atoms with Crippen molar-refractivity contribution in [1.29, 1.82) is 0 Å². The number of unbranched alkanes of at least 4 members (excludes halogenated alkanes) is 1. The number of ether oxygens (including phenoxy) is 2. The number of esters is 2. The topological polar surface area (TPSA) is 111 Å². The third-order valence-electron chi connectivity index (χ3n) is 4.53. The Bertz CT molecular complexity index is 991. The maximum atomic E-state index is 12.1. The van der Waals surface area contributed by atoms with Crippen LogP contribution in [0.3, 0.4) is 0 Å². The van der Waals surface area contributed by atoms with E-state index in [1.54, 1.807) is 42.5 Å². The zero-order valence-corrected chi connectivity index (χ0v) is 19.4. The molecular weight excluding hydrogens is 448 g/mol. The molecule has 0 saturated carbocycles. The fourth-order valence-electron chi connectivity index (χ4n) is 2.65. The van der Waals surface area contributed by atoms with Gasteiger partial charge in [0.05, 0.1) is 18.6 Å². The summed E-state index contributed by atoms with van der Waals surface area (Å²) >= 11 is 5.91. The van der Waals surface area contributed by atoms with Crippen LogP contribution in [-0.4, -0.2) is 37.0 Å². The molecule has 0 atom stereocenters. The van der Waals surface area contributed by atoms with Crippen molar-refractivity contribution in [3.8, 4) is 0 Å². The summed E-state index contributed by atoms with van der Waals surface area (Å²) in [5.41, 5.74) is 2.22. The Morgan fingerprint density at radius 3 is 2.33 bits per heavy atom. The highest BCUT2D eigenvalue weighted by Gasteiger charge is 2.12. The van der Waals surface area contributed by atoms with Gasteiger partial charge in [-0.1, -0.05) is 31.0 Å². The summed E-state index contributed by atoms with van der Waals surface area (Å²) < 4.78 is 10.0. The van der Waals surface area contributed by atoms with E-state index in [-0.39, 0.29) is 12.8 Å². The summed E-state index contributed by atoms with van der Waals surface area (Å²) in [5.74, 6) is -2.00. The first-order chi connectivity index (χ1) is 15.8. The molecule has 2 N–H and O–H groups in total. The van der Waals surface area contributed by atoms with E-state index in [0.717, 1.165) is 18.4 Å². The van der Waals surface area contributed by atoms with Crippen LogP contribution in [0.1, 0.15) is 48.5 Å². The smallest absolute Gasteiger partial charge is 0.338 e. The Morgan fingerprint density at radius 1 is 0.909 bits per heavy atom. The molecule has 0 aliphatic rings. The molecule has 0 spiro atoms. The van der Waals surface area contributed by atoms with E-state index in [4.69, 9.17) is 21.1 Å². The number of carbonyl (C=O) groups excluding carboxylic acids is 4. The third kappa shape index (κ3) is 9.33. The largest absolute Gasteiger partial charge is 0.462 e. The van der Waals surface area contributed by atoms with Crippen molar-refractivity contribution in [1.82, 2.24) is 0 Å². The summed E-state index contributed by atoms with van der Waals surface area (Å²) in [7, 11) is 0. The van der Waals surface area contributed by atoms with Crippen LogP contribution in [0, 0.1) is 6.92 Å². The van der Waals surface area contributed by atoms with Crippen molar-refractivity contribution in [2.24, 2.45) is 0 Å². The molecule has 8 nitrogen and oxygen atoms in total. The molecule has 0 aromatic heterocycles. The number of carbonyl (C=O) groups is 4. The van der Waals surface area contributed by atoms with Gasteiger partial charge in [0, 0.05) is 22.8 Å². The van der Waals surface area contributed by atoms with Gasteiger partial charge in [0.15, 0.2) is 6.61 Å². The zero-order chi connectivity index (χ0) is 24.2. The van der Waals surface area contributed by atoms with Gasteiger partial charge >= 0.3 is 11.9 Å². The number of hydrogen-bond donors (Lipinski definition) is 2. The zero-order valence-electron chi connectivity index (χ0n) is 18.6. The Hall–Kier alpha value is -3.39. The van der Waals surface area contributed by atoms with Crippen molar-refractivity contribution >= 4 is 46.7 Å². The van der Waals surface area contributed by atoms with Crippen LogP contribution in [0.2, 0.25) is 5.02 Å². The molecule has 0 unspecified atom stereocenters. The maximum absolute atomic E-state index is 12.1. The van der Waals surface area contributed by atoms with Gasteiger partial charge < -0.3 is 20.1 Å². The van der Waals surface area contributed by atoms with Gasteiger partial charge in [0.2, 0.25) is 5.91 Å². The Kier molecular flexibility index (Phi) is 10.4. The standard InChI is InChI=1S/C24H27ClN2O6/c1-3-4-13-32-24(31)17-6-9-19(10-7-17)26-21(28)11-12-23(30)33-15-22(29)27-20-14-18(25)8-5-16(20)2/h5-10,14H,3-4,11-13,15H2,1-2H3,(H,26,28)(H,27,29). The first kappa shape index (κ1) is 25.9. The van der Waals surface area contributed by atoms with Gasteiger partial charge in [-0.2, -0.15) is 0 Å². The minimum atomic E-state index is -0.673. The minimum absolute atomic E-state index is 0.116. The van der Waals surface area contributed by atoms with Crippen LogP contribution in [-0.2, 0) is 23.9 Å². The molecule has 2 rings (SSSR count). The van der Waals surface area contributed by atoms with E-state index < -0.39 is 30.4 Å². The van der Waals surface area contributed by atoms with Crippen molar-refractivity contribution in [3.63, 3.8) is 0 Å². The number of nitrogens with one attached hydrogen (secondary N) is 2. The lowest BCUT2D eigenvalue weighted by molar-refractivity contribution is -0.147. The summed E-state index contributed by atoms with van der Waals surface area (Å²) in [5, 5.41) is 5.72. The van der Waals surface area contributed by atoms with Gasteiger partial charge in [-0.3, -0.25) is 14.4 Å².